The van der Waals surface area contributed by atoms with Gasteiger partial charge in [0.25, 0.3) is 0 Å². The molecule has 0 saturated carbocycles. The Bertz CT molecular complexity index is 343. The van der Waals surface area contributed by atoms with Crippen LogP contribution in [0.2, 0.25) is 0 Å². The van der Waals surface area contributed by atoms with E-state index < -0.39 is 0 Å². The summed E-state index contributed by atoms with van der Waals surface area (Å²) in [6.45, 7) is 3.05. The molecule has 1 saturated heterocycles. The van der Waals surface area contributed by atoms with E-state index in [1.807, 2.05) is 12.1 Å². The van der Waals surface area contributed by atoms with Crippen LogP contribution in [0, 0.1) is 0 Å². The van der Waals surface area contributed by atoms with Gasteiger partial charge in [-0.3, -0.25) is 0 Å². The van der Waals surface area contributed by atoms with E-state index in [0.29, 0.717) is 0 Å². The third kappa shape index (κ3) is 2.59. The standard InChI is InChI=1S/C12H16BrNO.ClH/c1-12(11(15)3-2-8-14-12)9-4-6-10(13)7-5-9;/h4-7,11,14-15H,2-3,8H2,1H3;1H. The van der Waals surface area contributed by atoms with Crippen LogP contribution in [-0.2, 0) is 5.54 Å². The average Bonchev–Trinajstić information content (AvgIpc) is 2.23. The van der Waals surface area contributed by atoms with Gasteiger partial charge in [-0.1, -0.05) is 28.1 Å². The lowest BCUT2D eigenvalue weighted by Crippen LogP contribution is -2.53. The molecule has 2 rings (SSSR count). The smallest absolute Gasteiger partial charge is 0.0761 e. The number of aliphatic hydroxyl groups excluding tert-OH is 1. The number of halogens is 2. The molecule has 1 aliphatic heterocycles. The fourth-order valence-electron chi connectivity index (χ4n) is 2.14. The molecule has 1 aliphatic rings. The summed E-state index contributed by atoms with van der Waals surface area (Å²) in [4.78, 5) is 0. The van der Waals surface area contributed by atoms with E-state index in [0.717, 1.165) is 29.4 Å². The molecule has 0 amide bonds. The lowest BCUT2D eigenvalue weighted by atomic mass is 9.81. The van der Waals surface area contributed by atoms with Crippen molar-refractivity contribution in [2.24, 2.45) is 0 Å². The Morgan fingerprint density at radius 2 is 2.00 bits per heavy atom. The van der Waals surface area contributed by atoms with Crippen LogP contribution in [0.4, 0.5) is 0 Å². The van der Waals surface area contributed by atoms with Crippen LogP contribution in [-0.4, -0.2) is 17.8 Å². The zero-order valence-corrected chi connectivity index (χ0v) is 11.6. The fraction of sp³-hybridized carbons (Fsp3) is 0.500. The molecule has 0 radical (unpaired) electrons. The first-order chi connectivity index (χ1) is 7.13. The first-order valence-corrected chi connectivity index (χ1v) is 6.11. The van der Waals surface area contributed by atoms with Gasteiger partial charge in [-0.2, -0.15) is 0 Å². The highest BCUT2D eigenvalue weighted by atomic mass is 79.9. The summed E-state index contributed by atoms with van der Waals surface area (Å²) >= 11 is 3.42. The topological polar surface area (TPSA) is 32.3 Å². The minimum absolute atomic E-state index is 0. The van der Waals surface area contributed by atoms with Crippen molar-refractivity contribution in [3.05, 3.63) is 34.3 Å². The van der Waals surface area contributed by atoms with Crippen molar-refractivity contribution < 1.29 is 5.11 Å². The van der Waals surface area contributed by atoms with Crippen LogP contribution in [0.3, 0.4) is 0 Å². The monoisotopic (exact) mass is 305 g/mol. The molecule has 2 N–H and O–H groups in total. The molecule has 2 nitrogen and oxygen atoms in total. The first kappa shape index (κ1) is 14.0. The normalized spacial score (nSPS) is 29.6. The summed E-state index contributed by atoms with van der Waals surface area (Å²) < 4.78 is 1.07. The molecular weight excluding hydrogens is 289 g/mol. The molecule has 0 aromatic heterocycles. The Balaban J connectivity index is 0.00000128. The predicted molar refractivity (Wildman–Crippen MR) is 72.0 cm³/mol. The van der Waals surface area contributed by atoms with Crippen molar-refractivity contribution in [2.45, 2.75) is 31.4 Å². The molecule has 2 unspecified atom stereocenters. The van der Waals surface area contributed by atoms with Gasteiger partial charge in [-0.05, 0) is 44.0 Å². The maximum Gasteiger partial charge on any atom is 0.0761 e. The summed E-state index contributed by atoms with van der Waals surface area (Å²) in [6.07, 6.45) is 1.62. The molecule has 1 aromatic carbocycles. The highest BCUT2D eigenvalue weighted by Gasteiger charge is 2.36. The molecule has 1 heterocycles. The maximum absolute atomic E-state index is 10.1. The van der Waals surface area contributed by atoms with Crippen LogP contribution in [0.15, 0.2) is 28.7 Å². The van der Waals surface area contributed by atoms with E-state index in [2.05, 4.69) is 40.3 Å². The summed E-state index contributed by atoms with van der Waals surface area (Å²) in [5.41, 5.74) is 0.858. The van der Waals surface area contributed by atoms with E-state index in [1.54, 1.807) is 0 Å². The number of piperidine rings is 1. The average molecular weight is 307 g/mol. The summed E-state index contributed by atoms with van der Waals surface area (Å²) in [6, 6.07) is 8.16. The number of hydrogen-bond donors (Lipinski definition) is 2. The Labute approximate surface area is 111 Å². The molecule has 90 valence electrons. The zero-order valence-electron chi connectivity index (χ0n) is 9.24. The summed E-state index contributed by atoms with van der Waals surface area (Å²) in [7, 11) is 0. The molecule has 1 aromatic rings. The maximum atomic E-state index is 10.1. The zero-order chi connectivity index (χ0) is 10.9. The minimum Gasteiger partial charge on any atom is -0.391 e. The van der Waals surface area contributed by atoms with Gasteiger partial charge in [0.05, 0.1) is 11.6 Å². The quantitative estimate of drug-likeness (QED) is 0.836. The van der Waals surface area contributed by atoms with Crippen molar-refractivity contribution in [2.75, 3.05) is 6.54 Å². The van der Waals surface area contributed by atoms with Crippen molar-refractivity contribution in [3.8, 4) is 0 Å². The predicted octanol–water partition coefficient (Wildman–Crippen LogP) is 2.83. The van der Waals surface area contributed by atoms with Crippen molar-refractivity contribution in [1.82, 2.24) is 5.32 Å². The van der Waals surface area contributed by atoms with E-state index in [4.69, 9.17) is 0 Å². The lowest BCUT2D eigenvalue weighted by Gasteiger charge is -2.40. The van der Waals surface area contributed by atoms with Crippen molar-refractivity contribution in [1.29, 1.82) is 0 Å². The molecule has 16 heavy (non-hydrogen) atoms. The van der Waals surface area contributed by atoms with Gasteiger partial charge in [0, 0.05) is 4.47 Å². The molecule has 0 spiro atoms. The van der Waals surface area contributed by atoms with E-state index >= 15 is 0 Å². The number of rotatable bonds is 1. The van der Waals surface area contributed by atoms with Gasteiger partial charge in [0.2, 0.25) is 0 Å². The lowest BCUT2D eigenvalue weighted by molar-refractivity contribution is 0.0385. The van der Waals surface area contributed by atoms with E-state index in [-0.39, 0.29) is 24.0 Å². The van der Waals surface area contributed by atoms with Crippen LogP contribution in [0.5, 0.6) is 0 Å². The number of hydrogen-bond acceptors (Lipinski definition) is 2. The molecular formula is C12H17BrClNO. The van der Waals surface area contributed by atoms with Gasteiger partial charge in [0.15, 0.2) is 0 Å². The number of nitrogens with one attached hydrogen (secondary N) is 1. The van der Waals surface area contributed by atoms with Crippen LogP contribution >= 0.6 is 28.3 Å². The first-order valence-electron chi connectivity index (χ1n) is 5.32. The molecule has 4 heteroatoms. The summed E-state index contributed by atoms with van der Waals surface area (Å²) in [5, 5.41) is 13.5. The van der Waals surface area contributed by atoms with Gasteiger partial charge < -0.3 is 10.4 Å². The highest BCUT2D eigenvalue weighted by molar-refractivity contribution is 9.10. The minimum atomic E-state index is -0.299. The fourth-order valence-corrected chi connectivity index (χ4v) is 2.40. The highest BCUT2D eigenvalue weighted by Crippen LogP contribution is 2.30. The van der Waals surface area contributed by atoms with Gasteiger partial charge in [0.1, 0.15) is 0 Å². The number of aliphatic hydroxyl groups is 1. The number of benzene rings is 1. The van der Waals surface area contributed by atoms with Crippen LogP contribution in [0.1, 0.15) is 25.3 Å². The Kier molecular flexibility index (Phi) is 4.80. The second kappa shape index (κ2) is 5.50. The Hall–Kier alpha value is -0.0900. The van der Waals surface area contributed by atoms with Gasteiger partial charge >= 0.3 is 0 Å². The third-order valence-corrected chi connectivity index (χ3v) is 3.79. The second-order valence-electron chi connectivity index (χ2n) is 4.29. The largest absolute Gasteiger partial charge is 0.391 e. The van der Waals surface area contributed by atoms with Crippen molar-refractivity contribution >= 4 is 28.3 Å². The molecule has 1 fully saturated rings. The van der Waals surface area contributed by atoms with Crippen LogP contribution in [0.25, 0.3) is 0 Å². The molecule has 2 atom stereocenters. The Morgan fingerprint density at radius 1 is 1.38 bits per heavy atom. The molecule has 0 aliphatic carbocycles. The Morgan fingerprint density at radius 3 is 2.56 bits per heavy atom. The van der Waals surface area contributed by atoms with Crippen molar-refractivity contribution in [3.63, 3.8) is 0 Å². The summed E-state index contributed by atoms with van der Waals surface area (Å²) in [5.74, 6) is 0. The third-order valence-electron chi connectivity index (χ3n) is 3.26. The second-order valence-corrected chi connectivity index (χ2v) is 5.21. The SMILES string of the molecule is CC1(c2ccc(Br)cc2)NCCCC1O.Cl. The molecule has 0 bridgehead atoms. The van der Waals surface area contributed by atoms with Crippen LogP contribution < -0.4 is 5.32 Å². The van der Waals surface area contributed by atoms with Gasteiger partial charge in [-0.25, -0.2) is 0 Å². The van der Waals surface area contributed by atoms with E-state index in [9.17, 15) is 5.11 Å². The van der Waals surface area contributed by atoms with Gasteiger partial charge in [-0.15, -0.1) is 12.4 Å². The van der Waals surface area contributed by atoms with E-state index in [1.165, 1.54) is 0 Å².